The molecule has 5 N–H and O–H groups in total. The second-order valence-corrected chi connectivity index (χ2v) is 14.5. The Hall–Kier alpha value is -5.42. The van der Waals surface area contributed by atoms with Crippen LogP contribution in [0.1, 0.15) is 69.0 Å². The molecule has 0 aliphatic heterocycles. The van der Waals surface area contributed by atoms with E-state index < -0.39 is 11.7 Å². The van der Waals surface area contributed by atoms with Crippen LogP contribution >= 0.6 is 35.6 Å². The Kier molecular flexibility index (Phi) is 14.3. The fourth-order valence-electron chi connectivity index (χ4n) is 5.31. The summed E-state index contributed by atoms with van der Waals surface area (Å²) in [6, 6.07) is 10.7. The summed E-state index contributed by atoms with van der Waals surface area (Å²) >= 11 is 13.1. The minimum atomic E-state index is -0.576. The van der Waals surface area contributed by atoms with E-state index in [-0.39, 0.29) is 24.5 Å². The van der Waals surface area contributed by atoms with Crippen molar-refractivity contribution in [2.75, 3.05) is 10.6 Å². The highest BCUT2D eigenvalue weighted by atomic mass is 35.5. The van der Waals surface area contributed by atoms with Crippen LogP contribution in [0, 0.1) is 13.8 Å². The van der Waals surface area contributed by atoms with Gasteiger partial charge in [0.05, 0.1) is 6.04 Å². The molecular formula is C37H45Cl3N14O2. The summed E-state index contributed by atoms with van der Waals surface area (Å²) in [4.78, 5) is 37.9. The predicted octanol–water partition coefficient (Wildman–Crippen LogP) is 7.98. The quantitative estimate of drug-likeness (QED) is 0.109. The van der Waals surface area contributed by atoms with Gasteiger partial charge in [0.1, 0.15) is 18.3 Å². The lowest BCUT2D eigenvalue weighted by molar-refractivity contribution is 0.0508. The van der Waals surface area contributed by atoms with Gasteiger partial charge in [-0.15, -0.1) is 12.4 Å². The molecule has 1 amide bonds. The molecule has 0 aliphatic rings. The number of anilines is 4. The number of benzene rings is 2. The molecule has 0 spiro atoms. The van der Waals surface area contributed by atoms with Crippen LogP contribution < -0.4 is 21.7 Å². The van der Waals surface area contributed by atoms with E-state index in [1.54, 1.807) is 9.36 Å². The SMILES string of the molecule is Cc1c(-c2ncnc(Nc3ccn(C)n3)n2)ccc([C@@H](C)N)c1Cl.Cc1c(-c2ncnc(Nc3ccn(C)n3)n2)ccc([C@@H](C)NC(=O)OC(C)(C)C)c1Cl.Cl. The van der Waals surface area contributed by atoms with Crippen LogP contribution in [-0.4, -0.2) is 61.2 Å². The summed E-state index contributed by atoms with van der Waals surface area (Å²) in [6.07, 6.45) is 6.04. The minimum Gasteiger partial charge on any atom is -0.444 e. The predicted molar refractivity (Wildman–Crippen MR) is 221 cm³/mol. The van der Waals surface area contributed by atoms with Gasteiger partial charge in [-0.1, -0.05) is 47.5 Å². The molecule has 16 nitrogen and oxygen atoms in total. The minimum absolute atomic E-state index is 0. The first kappa shape index (κ1) is 43.3. The maximum atomic E-state index is 12.1. The van der Waals surface area contributed by atoms with Crippen LogP contribution in [0.15, 0.2) is 61.4 Å². The molecular weight excluding hydrogens is 779 g/mol. The molecule has 0 saturated heterocycles. The molecule has 2 aromatic carbocycles. The number of carbonyl (C=O) groups is 1. The molecule has 0 radical (unpaired) electrons. The molecule has 2 atom stereocenters. The number of hydrogen-bond acceptors (Lipinski definition) is 13. The van der Waals surface area contributed by atoms with E-state index in [2.05, 4.69) is 56.1 Å². The summed E-state index contributed by atoms with van der Waals surface area (Å²) in [5, 5.41) is 18.6. The van der Waals surface area contributed by atoms with Crippen LogP contribution in [0.3, 0.4) is 0 Å². The van der Waals surface area contributed by atoms with E-state index >= 15 is 0 Å². The zero-order chi connectivity index (χ0) is 40.0. The Morgan fingerprint density at radius 2 is 1.20 bits per heavy atom. The lowest BCUT2D eigenvalue weighted by Gasteiger charge is -2.23. The van der Waals surface area contributed by atoms with Gasteiger partial charge in [-0.2, -0.15) is 20.2 Å². The first-order valence-corrected chi connectivity index (χ1v) is 18.0. The standard InChI is InChI=1S/C21H26ClN7O2.C16H18ClN7.ClH/c1-12-14(18-23-11-24-19(27-18)26-16-9-10-29(6)28-16)7-8-15(17(12)22)13(2)25-20(30)31-21(3,4)5;1-9-11(4-5-12(10(2)18)14(9)17)15-19-8-20-16(22-15)21-13-6-7-24(3)23-13;/h7-11,13H,1-6H3,(H,25,30)(H,23,24,26,27,28);4-8,10H,18H2,1-3H3,(H,19,20,21,22,23);1H/t13-;10-;/m11./s1. The van der Waals surface area contributed by atoms with Crippen molar-refractivity contribution in [3.8, 4) is 22.8 Å². The zero-order valence-electron chi connectivity index (χ0n) is 32.5. The Morgan fingerprint density at radius 3 is 1.61 bits per heavy atom. The van der Waals surface area contributed by atoms with Crippen LogP contribution in [0.5, 0.6) is 0 Å². The lowest BCUT2D eigenvalue weighted by atomic mass is 10.0. The Morgan fingerprint density at radius 1 is 0.750 bits per heavy atom. The average molecular weight is 824 g/mol. The second kappa shape index (κ2) is 18.5. The third kappa shape index (κ3) is 11.1. The van der Waals surface area contributed by atoms with Gasteiger partial charge < -0.3 is 26.4 Å². The van der Waals surface area contributed by atoms with E-state index in [4.69, 9.17) is 33.7 Å². The number of aromatic nitrogens is 10. The molecule has 0 fully saturated rings. The normalized spacial score (nSPS) is 12.1. The van der Waals surface area contributed by atoms with Gasteiger partial charge in [0.2, 0.25) is 11.9 Å². The van der Waals surface area contributed by atoms with Crippen LogP contribution in [0.4, 0.5) is 28.3 Å². The number of amides is 1. The number of carbonyl (C=O) groups excluding carboxylic acids is 1. The fourth-order valence-corrected chi connectivity index (χ4v) is 5.98. The molecule has 0 bridgehead atoms. The van der Waals surface area contributed by atoms with Gasteiger partial charge >= 0.3 is 6.09 Å². The first-order valence-electron chi connectivity index (χ1n) is 17.2. The monoisotopic (exact) mass is 822 g/mol. The lowest BCUT2D eigenvalue weighted by Crippen LogP contribution is -2.34. The van der Waals surface area contributed by atoms with E-state index in [0.717, 1.165) is 33.4 Å². The van der Waals surface area contributed by atoms with Crippen molar-refractivity contribution in [1.82, 2.24) is 54.8 Å². The van der Waals surface area contributed by atoms with Gasteiger partial charge in [0, 0.05) is 65.8 Å². The highest BCUT2D eigenvalue weighted by Crippen LogP contribution is 2.34. The fraction of sp³-hybridized carbons (Fsp3) is 0.324. The molecule has 0 unspecified atom stereocenters. The highest BCUT2D eigenvalue weighted by molar-refractivity contribution is 6.33. The number of ether oxygens (including phenoxy) is 1. The van der Waals surface area contributed by atoms with Gasteiger partial charge in [-0.25, -0.2) is 24.7 Å². The number of aryl methyl sites for hydroxylation is 2. The number of alkyl carbamates (subject to hydrolysis) is 1. The van der Waals surface area contributed by atoms with Gasteiger partial charge in [0.15, 0.2) is 23.3 Å². The van der Waals surface area contributed by atoms with Crippen molar-refractivity contribution in [3.63, 3.8) is 0 Å². The van der Waals surface area contributed by atoms with Gasteiger partial charge in [-0.05, 0) is 70.7 Å². The second-order valence-electron chi connectivity index (χ2n) is 13.7. The van der Waals surface area contributed by atoms with Crippen molar-refractivity contribution in [1.29, 1.82) is 0 Å². The number of nitrogens with one attached hydrogen (secondary N) is 3. The van der Waals surface area contributed by atoms with E-state index in [1.165, 1.54) is 12.7 Å². The third-order valence-corrected chi connectivity index (χ3v) is 9.06. The van der Waals surface area contributed by atoms with Crippen molar-refractivity contribution in [2.24, 2.45) is 19.8 Å². The van der Waals surface area contributed by atoms with Crippen molar-refractivity contribution < 1.29 is 9.53 Å². The van der Waals surface area contributed by atoms with Crippen molar-refractivity contribution in [2.45, 2.75) is 66.2 Å². The summed E-state index contributed by atoms with van der Waals surface area (Å²) in [5.74, 6) is 3.11. The molecule has 6 rings (SSSR count). The first-order chi connectivity index (χ1) is 26.0. The highest BCUT2D eigenvalue weighted by Gasteiger charge is 2.22. The molecule has 4 heterocycles. The molecule has 6 aromatic rings. The van der Waals surface area contributed by atoms with Crippen molar-refractivity contribution >= 4 is 65.2 Å². The van der Waals surface area contributed by atoms with E-state index in [9.17, 15) is 4.79 Å². The number of rotatable bonds is 9. The summed E-state index contributed by atoms with van der Waals surface area (Å²) in [7, 11) is 3.67. The molecule has 19 heteroatoms. The topological polar surface area (TPSA) is 201 Å². The zero-order valence-corrected chi connectivity index (χ0v) is 34.8. The van der Waals surface area contributed by atoms with Crippen molar-refractivity contribution in [3.05, 3.63) is 93.7 Å². The maximum Gasteiger partial charge on any atom is 0.408 e. The number of nitrogens with two attached hydrogens (primary N) is 1. The summed E-state index contributed by atoms with van der Waals surface area (Å²) < 4.78 is 8.70. The summed E-state index contributed by atoms with van der Waals surface area (Å²) in [5.41, 5.74) is 10.3. The molecule has 0 aliphatic carbocycles. The van der Waals surface area contributed by atoms with Gasteiger partial charge in [0.25, 0.3) is 0 Å². The summed E-state index contributed by atoms with van der Waals surface area (Å²) in [6.45, 7) is 13.0. The number of nitrogens with zero attached hydrogens (tertiary/aromatic N) is 10. The molecule has 296 valence electrons. The smallest absolute Gasteiger partial charge is 0.408 e. The van der Waals surface area contributed by atoms with Crippen LogP contribution in [0.25, 0.3) is 22.8 Å². The number of hydrogen-bond donors (Lipinski definition) is 4. The van der Waals surface area contributed by atoms with E-state index in [1.807, 2.05) is 111 Å². The van der Waals surface area contributed by atoms with Crippen LogP contribution in [-0.2, 0) is 18.8 Å². The molecule has 4 aromatic heterocycles. The Bertz CT molecular complexity index is 2290. The largest absolute Gasteiger partial charge is 0.444 e. The maximum absolute atomic E-state index is 12.1. The Balaban J connectivity index is 0.000000252. The van der Waals surface area contributed by atoms with Gasteiger partial charge in [-0.3, -0.25) is 9.36 Å². The molecule has 0 saturated carbocycles. The number of halogens is 3. The average Bonchev–Trinajstić information content (AvgIpc) is 3.72. The van der Waals surface area contributed by atoms with Crippen LogP contribution in [0.2, 0.25) is 10.0 Å². The van der Waals surface area contributed by atoms with E-state index in [0.29, 0.717) is 45.2 Å². The molecule has 56 heavy (non-hydrogen) atoms. The third-order valence-electron chi connectivity index (χ3n) is 8.06. The Labute approximate surface area is 341 Å².